The van der Waals surface area contributed by atoms with E-state index in [9.17, 15) is 28.8 Å². The standard InChI is InChI=1S/C17H31N9O8/c1-8(14(18)31)24-16(33)10(5-13(29)30)26-11(27)6-23-15(32)9(25-12(28)7-34-21)3-2-4-22-17(19)20/h8-10H,2-7,21H2,1H3,(H2,18,31)(H,23,32)(H,24,33)(H,25,28)(H,26,27)(H,29,30)(H4,19,20,22)/t8-,9?,10-/m0/s1. The second-order valence-corrected chi connectivity index (χ2v) is 6.95. The van der Waals surface area contributed by atoms with Crippen LogP contribution in [0, 0.1) is 0 Å². The largest absolute Gasteiger partial charge is 0.481 e. The molecule has 192 valence electrons. The number of nitrogens with two attached hydrogens (primary N) is 4. The lowest BCUT2D eigenvalue weighted by atomic mass is 10.1. The monoisotopic (exact) mass is 489 g/mol. The lowest BCUT2D eigenvalue weighted by Gasteiger charge is -2.20. The Balaban J connectivity index is 5.03. The Kier molecular flexibility index (Phi) is 13.9. The number of primary amides is 1. The summed E-state index contributed by atoms with van der Waals surface area (Å²) in [4.78, 5) is 78.6. The molecule has 0 saturated carbocycles. The molecule has 13 N–H and O–H groups in total. The highest BCUT2D eigenvalue weighted by atomic mass is 16.6. The lowest BCUT2D eigenvalue weighted by molar-refractivity contribution is -0.141. The number of guanidine groups is 1. The molecule has 17 heteroatoms. The van der Waals surface area contributed by atoms with E-state index in [0.717, 1.165) is 0 Å². The molecule has 17 nitrogen and oxygen atoms in total. The first-order valence-corrected chi connectivity index (χ1v) is 9.92. The molecule has 0 aliphatic carbocycles. The molecule has 1 unspecified atom stereocenters. The summed E-state index contributed by atoms with van der Waals surface area (Å²) < 4.78 is 0. The topological polar surface area (TPSA) is 296 Å². The van der Waals surface area contributed by atoms with Crippen molar-refractivity contribution in [2.45, 2.75) is 44.3 Å². The van der Waals surface area contributed by atoms with Crippen molar-refractivity contribution in [1.82, 2.24) is 21.3 Å². The number of aliphatic carboxylic acids is 1. The third-order valence-corrected chi connectivity index (χ3v) is 4.05. The molecule has 0 aliphatic rings. The molecule has 0 fully saturated rings. The van der Waals surface area contributed by atoms with E-state index >= 15 is 0 Å². The second kappa shape index (κ2) is 15.8. The Morgan fingerprint density at radius 1 is 0.941 bits per heavy atom. The van der Waals surface area contributed by atoms with Gasteiger partial charge in [-0.3, -0.25) is 38.6 Å². The number of aliphatic imine (C=N–C) groups is 1. The van der Waals surface area contributed by atoms with Crippen LogP contribution in [0.5, 0.6) is 0 Å². The summed E-state index contributed by atoms with van der Waals surface area (Å²) in [6, 6.07) is -3.75. The fraction of sp³-hybridized carbons (Fsp3) is 0.588. The summed E-state index contributed by atoms with van der Waals surface area (Å²) >= 11 is 0. The Morgan fingerprint density at radius 2 is 1.56 bits per heavy atom. The van der Waals surface area contributed by atoms with Gasteiger partial charge in [0.05, 0.1) is 13.0 Å². The van der Waals surface area contributed by atoms with Crippen LogP contribution in [-0.4, -0.2) is 84.4 Å². The van der Waals surface area contributed by atoms with Crippen LogP contribution in [0.15, 0.2) is 4.99 Å². The van der Waals surface area contributed by atoms with Crippen molar-refractivity contribution in [3.63, 3.8) is 0 Å². The van der Waals surface area contributed by atoms with Crippen LogP contribution in [0.1, 0.15) is 26.2 Å². The Hall–Kier alpha value is -3.99. The van der Waals surface area contributed by atoms with Gasteiger partial charge in [0.1, 0.15) is 24.7 Å². The van der Waals surface area contributed by atoms with Gasteiger partial charge in [0.2, 0.25) is 29.5 Å². The third kappa shape index (κ3) is 13.4. The number of hydrogen-bond donors (Lipinski definition) is 9. The van der Waals surface area contributed by atoms with Crippen LogP contribution in [0.25, 0.3) is 0 Å². The van der Waals surface area contributed by atoms with Gasteiger partial charge in [-0.25, -0.2) is 5.90 Å². The molecular weight excluding hydrogens is 458 g/mol. The fourth-order valence-corrected chi connectivity index (χ4v) is 2.39. The highest BCUT2D eigenvalue weighted by molar-refractivity contribution is 5.95. The van der Waals surface area contributed by atoms with Crippen LogP contribution >= 0.6 is 0 Å². The number of rotatable bonds is 16. The van der Waals surface area contributed by atoms with Gasteiger partial charge in [-0.2, -0.15) is 0 Å². The summed E-state index contributed by atoms with van der Waals surface area (Å²) in [5, 5.41) is 17.9. The lowest BCUT2D eigenvalue weighted by Crippen LogP contribution is -2.55. The smallest absolute Gasteiger partial charge is 0.305 e. The van der Waals surface area contributed by atoms with Gasteiger partial charge in [-0.15, -0.1) is 0 Å². The number of amides is 5. The molecule has 0 aliphatic heterocycles. The highest BCUT2D eigenvalue weighted by Gasteiger charge is 2.27. The SMILES string of the molecule is C[C@H](NC(=O)[C@H](CC(=O)O)NC(=O)CNC(=O)C(CCCN=C(N)N)NC(=O)CON)C(N)=O. The average molecular weight is 489 g/mol. The van der Waals surface area contributed by atoms with E-state index in [1.165, 1.54) is 6.92 Å². The summed E-state index contributed by atoms with van der Waals surface area (Å²) in [5.74, 6) is -0.910. The van der Waals surface area contributed by atoms with Gasteiger partial charge in [0.15, 0.2) is 5.96 Å². The second-order valence-electron chi connectivity index (χ2n) is 6.95. The van der Waals surface area contributed by atoms with Crippen LogP contribution in [0.2, 0.25) is 0 Å². The first kappa shape index (κ1) is 30.0. The molecule has 0 heterocycles. The molecule has 0 aromatic carbocycles. The fourth-order valence-electron chi connectivity index (χ4n) is 2.39. The minimum absolute atomic E-state index is 0.0929. The first-order valence-electron chi connectivity index (χ1n) is 9.92. The minimum atomic E-state index is -1.54. The number of carbonyl (C=O) groups is 6. The number of carbonyl (C=O) groups excluding carboxylic acids is 5. The zero-order chi connectivity index (χ0) is 26.3. The van der Waals surface area contributed by atoms with E-state index < -0.39 is 73.2 Å². The molecule has 0 radical (unpaired) electrons. The number of nitrogens with zero attached hydrogens (tertiary/aromatic N) is 1. The normalized spacial score (nSPS) is 12.9. The van der Waals surface area contributed by atoms with E-state index in [4.69, 9.17) is 28.2 Å². The summed E-state index contributed by atoms with van der Waals surface area (Å²) in [5.41, 5.74) is 15.5. The number of carboxylic acid groups (broad SMARTS) is 1. The van der Waals surface area contributed by atoms with Crippen LogP contribution < -0.4 is 44.4 Å². The highest BCUT2D eigenvalue weighted by Crippen LogP contribution is 2.00. The van der Waals surface area contributed by atoms with Crippen LogP contribution in [0.3, 0.4) is 0 Å². The average Bonchev–Trinajstić information content (AvgIpc) is 2.73. The molecular formula is C17H31N9O8. The Labute approximate surface area is 194 Å². The maximum absolute atomic E-state index is 12.4. The molecule has 3 atom stereocenters. The molecule has 0 saturated heterocycles. The third-order valence-electron chi connectivity index (χ3n) is 4.05. The van der Waals surface area contributed by atoms with Gasteiger partial charge in [-0.05, 0) is 19.8 Å². The van der Waals surface area contributed by atoms with Gasteiger partial charge < -0.3 is 43.6 Å². The van der Waals surface area contributed by atoms with E-state index in [1.54, 1.807) is 0 Å². The molecule has 0 rings (SSSR count). The van der Waals surface area contributed by atoms with Crippen molar-refractivity contribution in [2.75, 3.05) is 19.7 Å². The molecule has 0 aromatic heterocycles. The van der Waals surface area contributed by atoms with Crippen molar-refractivity contribution in [2.24, 2.45) is 28.1 Å². The zero-order valence-electron chi connectivity index (χ0n) is 18.5. The van der Waals surface area contributed by atoms with E-state index in [0.29, 0.717) is 6.42 Å². The van der Waals surface area contributed by atoms with Crippen molar-refractivity contribution < 1.29 is 38.7 Å². The van der Waals surface area contributed by atoms with Crippen molar-refractivity contribution >= 4 is 41.5 Å². The van der Waals surface area contributed by atoms with Crippen molar-refractivity contribution in [3.05, 3.63) is 0 Å². The predicted molar refractivity (Wildman–Crippen MR) is 116 cm³/mol. The number of carboxylic acids is 1. The molecule has 0 bridgehead atoms. The van der Waals surface area contributed by atoms with Gasteiger partial charge in [0.25, 0.3) is 0 Å². The zero-order valence-corrected chi connectivity index (χ0v) is 18.5. The maximum atomic E-state index is 12.4. The molecule has 34 heavy (non-hydrogen) atoms. The van der Waals surface area contributed by atoms with Crippen molar-refractivity contribution in [3.8, 4) is 0 Å². The Bertz CT molecular complexity index is 785. The van der Waals surface area contributed by atoms with Crippen LogP contribution in [-0.2, 0) is 33.6 Å². The van der Waals surface area contributed by atoms with E-state index in [1.807, 2.05) is 0 Å². The maximum Gasteiger partial charge on any atom is 0.305 e. The molecule has 5 amide bonds. The first-order chi connectivity index (χ1) is 15.9. The van der Waals surface area contributed by atoms with Gasteiger partial charge in [0, 0.05) is 6.54 Å². The number of nitrogens with one attached hydrogen (secondary N) is 4. The Morgan fingerprint density at radius 3 is 2.09 bits per heavy atom. The minimum Gasteiger partial charge on any atom is -0.481 e. The quantitative estimate of drug-likeness (QED) is 0.0426. The molecule has 0 spiro atoms. The predicted octanol–water partition coefficient (Wildman–Crippen LogP) is -5.52. The van der Waals surface area contributed by atoms with Crippen LogP contribution in [0.4, 0.5) is 0 Å². The van der Waals surface area contributed by atoms with E-state index in [2.05, 4.69) is 31.1 Å². The summed E-state index contributed by atoms with van der Waals surface area (Å²) in [6.45, 7) is 0.276. The van der Waals surface area contributed by atoms with Gasteiger partial charge >= 0.3 is 5.97 Å². The summed E-state index contributed by atoms with van der Waals surface area (Å²) in [6.07, 6.45) is -0.403. The molecule has 0 aromatic rings. The van der Waals surface area contributed by atoms with Gasteiger partial charge in [-0.1, -0.05) is 0 Å². The van der Waals surface area contributed by atoms with Crippen molar-refractivity contribution in [1.29, 1.82) is 0 Å². The summed E-state index contributed by atoms with van der Waals surface area (Å²) in [7, 11) is 0. The van der Waals surface area contributed by atoms with E-state index in [-0.39, 0.29) is 18.9 Å². The number of hydrogen-bond acceptors (Lipinski definition) is 9.